The van der Waals surface area contributed by atoms with Crippen molar-refractivity contribution in [3.05, 3.63) is 23.8 Å². The van der Waals surface area contributed by atoms with E-state index in [4.69, 9.17) is 19.9 Å². The van der Waals surface area contributed by atoms with Crippen molar-refractivity contribution in [2.75, 3.05) is 19.1 Å². The van der Waals surface area contributed by atoms with Crippen molar-refractivity contribution in [3.8, 4) is 11.5 Å². The first kappa shape index (κ1) is 13.5. The number of rotatable bonds is 4. The van der Waals surface area contributed by atoms with Gasteiger partial charge in [-0.05, 0) is 18.6 Å². The van der Waals surface area contributed by atoms with Gasteiger partial charge in [0.15, 0.2) is 11.5 Å². The second-order valence-electron chi connectivity index (χ2n) is 4.81. The molecule has 110 valence electrons. The van der Waals surface area contributed by atoms with Crippen LogP contribution in [0.1, 0.15) is 30.1 Å². The van der Waals surface area contributed by atoms with E-state index >= 15 is 0 Å². The standard InChI is InChI=1S/C15H16N2O4/c1-2-3-4-19-15(18)10-5-9-6-12-13(21-8-20-12)7-11(9)17-14(10)16/h5-7H,2-4,8H2,1H3,(H2,16,17). The van der Waals surface area contributed by atoms with E-state index in [9.17, 15) is 4.79 Å². The Kier molecular flexibility index (Phi) is 3.51. The minimum absolute atomic E-state index is 0.155. The Morgan fingerprint density at radius 1 is 1.33 bits per heavy atom. The number of carbonyl (C=O) groups excluding carboxylic acids is 1. The van der Waals surface area contributed by atoms with E-state index in [1.165, 1.54) is 0 Å². The van der Waals surface area contributed by atoms with Crippen LogP contribution in [0.2, 0.25) is 0 Å². The van der Waals surface area contributed by atoms with Gasteiger partial charge in [-0.15, -0.1) is 0 Å². The molecule has 0 radical (unpaired) electrons. The monoisotopic (exact) mass is 288 g/mol. The van der Waals surface area contributed by atoms with E-state index in [2.05, 4.69) is 4.98 Å². The summed E-state index contributed by atoms with van der Waals surface area (Å²) in [5, 5.41) is 0.760. The summed E-state index contributed by atoms with van der Waals surface area (Å²) in [7, 11) is 0. The normalized spacial score (nSPS) is 12.6. The SMILES string of the molecule is CCCCOC(=O)c1cc2cc3c(cc2nc1N)OCO3. The lowest BCUT2D eigenvalue weighted by Crippen LogP contribution is -2.10. The highest BCUT2D eigenvalue weighted by Gasteiger charge is 2.18. The minimum atomic E-state index is -0.451. The highest BCUT2D eigenvalue weighted by Crippen LogP contribution is 2.36. The maximum absolute atomic E-state index is 12.0. The lowest BCUT2D eigenvalue weighted by molar-refractivity contribution is 0.0501. The zero-order valence-electron chi connectivity index (χ0n) is 11.7. The van der Waals surface area contributed by atoms with Gasteiger partial charge >= 0.3 is 5.97 Å². The number of unbranched alkanes of at least 4 members (excludes halogenated alkanes) is 1. The molecular formula is C15H16N2O4. The maximum Gasteiger partial charge on any atom is 0.341 e. The highest BCUT2D eigenvalue weighted by molar-refractivity contribution is 5.99. The number of pyridine rings is 1. The molecule has 0 saturated heterocycles. The summed E-state index contributed by atoms with van der Waals surface area (Å²) < 4.78 is 15.8. The Bertz CT molecular complexity index is 700. The summed E-state index contributed by atoms with van der Waals surface area (Å²) in [5.41, 5.74) is 6.78. The number of nitrogens with zero attached hydrogens (tertiary/aromatic N) is 1. The fourth-order valence-electron chi connectivity index (χ4n) is 2.13. The van der Waals surface area contributed by atoms with Gasteiger partial charge < -0.3 is 19.9 Å². The molecule has 3 rings (SSSR count). The molecule has 1 aliphatic rings. The summed E-state index contributed by atoms with van der Waals surface area (Å²) in [5.74, 6) is 0.975. The number of hydrogen-bond donors (Lipinski definition) is 1. The van der Waals surface area contributed by atoms with Crippen molar-refractivity contribution < 1.29 is 19.0 Å². The topological polar surface area (TPSA) is 83.7 Å². The molecular weight excluding hydrogens is 272 g/mol. The molecule has 6 heteroatoms. The number of aromatic nitrogens is 1. The van der Waals surface area contributed by atoms with Crippen molar-refractivity contribution in [2.45, 2.75) is 19.8 Å². The molecule has 6 nitrogen and oxygen atoms in total. The van der Waals surface area contributed by atoms with Crippen LogP contribution >= 0.6 is 0 Å². The molecule has 0 spiro atoms. The Balaban J connectivity index is 1.94. The Morgan fingerprint density at radius 2 is 2.10 bits per heavy atom. The molecule has 0 amide bonds. The number of benzene rings is 1. The second-order valence-corrected chi connectivity index (χ2v) is 4.81. The van der Waals surface area contributed by atoms with E-state index < -0.39 is 5.97 Å². The molecule has 0 saturated carbocycles. The molecule has 0 fully saturated rings. The number of esters is 1. The van der Waals surface area contributed by atoms with Gasteiger partial charge in [-0.25, -0.2) is 9.78 Å². The fourth-order valence-corrected chi connectivity index (χ4v) is 2.13. The number of fused-ring (bicyclic) bond motifs is 2. The highest BCUT2D eigenvalue weighted by atomic mass is 16.7. The third kappa shape index (κ3) is 2.56. The third-order valence-corrected chi connectivity index (χ3v) is 3.29. The average Bonchev–Trinajstić information content (AvgIpc) is 2.91. The van der Waals surface area contributed by atoms with Gasteiger partial charge in [0.25, 0.3) is 0 Å². The summed E-state index contributed by atoms with van der Waals surface area (Å²) in [4.78, 5) is 16.3. The van der Waals surface area contributed by atoms with Gasteiger partial charge in [-0.2, -0.15) is 0 Å². The largest absolute Gasteiger partial charge is 0.462 e. The summed E-state index contributed by atoms with van der Waals surface area (Å²) in [6.07, 6.45) is 1.79. The average molecular weight is 288 g/mol. The first-order valence-electron chi connectivity index (χ1n) is 6.86. The molecule has 0 bridgehead atoms. The predicted molar refractivity (Wildman–Crippen MR) is 77.5 cm³/mol. The summed E-state index contributed by atoms with van der Waals surface area (Å²) >= 11 is 0. The lowest BCUT2D eigenvalue weighted by atomic mass is 10.1. The second kappa shape index (κ2) is 5.47. The molecule has 1 aromatic carbocycles. The molecule has 0 aliphatic carbocycles. The zero-order valence-corrected chi connectivity index (χ0v) is 11.7. The van der Waals surface area contributed by atoms with E-state index in [-0.39, 0.29) is 18.2 Å². The number of anilines is 1. The Morgan fingerprint density at radius 3 is 2.86 bits per heavy atom. The smallest absolute Gasteiger partial charge is 0.341 e. The Labute approximate surface area is 121 Å². The molecule has 0 unspecified atom stereocenters. The van der Waals surface area contributed by atoms with Crippen LogP contribution in [0.25, 0.3) is 10.9 Å². The van der Waals surface area contributed by atoms with Crippen LogP contribution in [0.3, 0.4) is 0 Å². The van der Waals surface area contributed by atoms with Gasteiger partial charge in [0.2, 0.25) is 6.79 Å². The minimum Gasteiger partial charge on any atom is -0.462 e. The predicted octanol–water partition coefficient (Wildman–Crippen LogP) is 2.50. The number of carbonyl (C=O) groups is 1. The molecule has 1 aliphatic heterocycles. The molecule has 21 heavy (non-hydrogen) atoms. The van der Waals surface area contributed by atoms with Crippen LogP contribution in [0.15, 0.2) is 18.2 Å². The van der Waals surface area contributed by atoms with Crippen LogP contribution < -0.4 is 15.2 Å². The van der Waals surface area contributed by atoms with E-state index in [1.54, 1.807) is 18.2 Å². The molecule has 1 aromatic heterocycles. The number of ether oxygens (including phenoxy) is 3. The van der Waals surface area contributed by atoms with Crippen LogP contribution in [0.4, 0.5) is 5.82 Å². The van der Waals surface area contributed by atoms with Crippen LogP contribution in [-0.4, -0.2) is 24.4 Å². The Hall–Kier alpha value is -2.50. The first-order chi connectivity index (χ1) is 10.2. The first-order valence-corrected chi connectivity index (χ1v) is 6.86. The van der Waals surface area contributed by atoms with Gasteiger partial charge in [0, 0.05) is 11.5 Å². The molecule has 2 aromatic rings. The number of nitrogens with two attached hydrogens (primary N) is 1. The van der Waals surface area contributed by atoms with Crippen molar-refractivity contribution in [1.29, 1.82) is 0 Å². The summed E-state index contributed by atoms with van der Waals surface area (Å²) in [6, 6.07) is 5.21. The maximum atomic E-state index is 12.0. The zero-order chi connectivity index (χ0) is 14.8. The number of nitrogen functional groups attached to an aromatic ring is 1. The molecule has 2 heterocycles. The van der Waals surface area contributed by atoms with Gasteiger partial charge in [0.05, 0.1) is 12.1 Å². The molecule has 2 N–H and O–H groups in total. The van der Waals surface area contributed by atoms with E-state index in [0.717, 1.165) is 18.2 Å². The van der Waals surface area contributed by atoms with E-state index in [1.807, 2.05) is 6.92 Å². The summed E-state index contributed by atoms with van der Waals surface area (Å²) in [6.45, 7) is 2.60. The quantitative estimate of drug-likeness (QED) is 0.687. The van der Waals surface area contributed by atoms with Gasteiger partial charge in [0.1, 0.15) is 11.4 Å². The fraction of sp³-hybridized carbons (Fsp3) is 0.333. The van der Waals surface area contributed by atoms with Crippen molar-refractivity contribution in [1.82, 2.24) is 4.98 Å². The van der Waals surface area contributed by atoms with Crippen molar-refractivity contribution in [2.24, 2.45) is 0 Å². The van der Waals surface area contributed by atoms with Crippen molar-refractivity contribution >= 4 is 22.7 Å². The van der Waals surface area contributed by atoms with Crippen LogP contribution in [-0.2, 0) is 4.74 Å². The van der Waals surface area contributed by atoms with Crippen LogP contribution in [0.5, 0.6) is 11.5 Å². The lowest BCUT2D eigenvalue weighted by Gasteiger charge is -2.08. The number of hydrogen-bond acceptors (Lipinski definition) is 6. The van der Waals surface area contributed by atoms with Gasteiger partial charge in [-0.1, -0.05) is 13.3 Å². The van der Waals surface area contributed by atoms with Gasteiger partial charge in [-0.3, -0.25) is 0 Å². The third-order valence-electron chi connectivity index (χ3n) is 3.29. The van der Waals surface area contributed by atoms with Crippen molar-refractivity contribution in [3.63, 3.8) is 0 Å². The van der Waals surface area contributed by atoms with Crippen LogP contribution in [0, 0.1) is 0 Å². The van der Waals surface area contributed by atoms with E-state index in [0.29, 0.717) is 23.6 Å². The molecule has 0 atom stereocenters.